The highest BCUT2D eigenvalue weighted by Crippen LogP contribution is 2.19. The van der Waals surface area contributed by atoms with Gasteiger partial charge in [0.15, 0.2) is 5.82 Å². The normalized spacial score (nSPS) is 12.8. The van der Waals surface area contributed by atoms with Crippen molar-refractivity contribution in [2.75, 3.05) is 18.1 Å². The quantitative estimate of drug-likeness (QED) is 0.473. The SMILES string of the molecule is Nc1ncc(F)c(SCC(O)CO)n1. The first-order valence-electron chi connectivity index (χ1n) is 3.83. The molecule has 0 amide bonds. The summed E-state index contributed by atoms with van der Waals surface area (Å²) in [6, 6.07) is 0. The molecule has 1 heterocycles. The molecule has 0 saturated heterocycles. The van der Waals surface area contributed by atoms with E-state index in [0.29, 0.717) is 0 Å². The van der Waals surface area contributed by atoms with E-state index in [1.54, 1.807) is 0 Å². The molecule has 0 aromatic carbocycles. The summed E-state index contributed by atoms with van der Waals surface area (Å²) in [5, 5.41) is 17.6. The van der Waals surface area contributed by atoms with Crippen LogP contribution in [0.15, 0.2) is 11.2 Å². The van der Waals surface area contributed by atoms with E-state index in [9.17, 15) is 4.39 Å². The Hall–Kier alpha value is -0.920. The van der Waals surface area contributed by atoms with Gasteiger partial charge in [0, 0.05) is 5.75 Å². The van der Waals surface area contributed by atoms with Crippen LogP contribution in [-0.4, -0.2) is 38.6 Å². The number of rotatable bonds is 4. The van der Waals surface area contributed by atoms with Gasteiger partial charge < -0.3 is 15.9 Å². The lowest BCUT2D eigenvalue weighted by atomic mass is 10.4. The molecular weight excluding hydrogens is 209 g/mol. The Morgan fingerprint density at radius 2 is 2.36 bits per heavy atom. The third kappa shape index (κ3) is 3.09. The van der Waals surface area contributed by atoms with Crippen molar-refractivity contribution >= 4 is 17.7 Å². The molecule has 4 N–H and O–H groups in total. The molecule has 1 aromatic heterocycles. The fraction of sp³-hybridized carbons (Fsp3) is 0.429. The van der Waals surface area contributed by atoms with E-state index < -0.39 is 11.9 Å². The van der Waals surface area contributed by atoms with Crippen LogP contribution < -0.4 is 5.73 Å². The highest BCUT2D eigenvalue weighted by molar-refractivity contribution is 7.99. The molecule has 0 fully saturated rings. The van der Waals surface area contributed by atoms with Crippen LogP contribution in [0.25, 0.3) is 0 Å². The Kier molecular flexibility index (Phi) is 4.05. The lowest BCUT2D eigenvalue weighted by molar-refractivity contribution is 0.113. The molecule has 1 rings (SSSR count). The Balaban J connectivity index is 2.62. The van der Waals surface area contributed by atoms with Gasteiger partial charge in [-0.3, -0.25) is 0 Å². The Bertz CT molecular complexity index is 313. The molecule has 1 aromatic rings. The maximum Gasteiger partial charge on any atom is 0.221 e. The molecule has 0 saturated carbocycles. The zero-order valence-electron chi connectivity index (χ0n) is 7.22. The second-order valence-electron chi connectivity index (χ2n) is 2.53. The van der Waals surface area contributed by atoms with E-state index >= 15 is 0 Å². The zero-order valence-corrected chi connectivity index (χ0v) is 8.04. The van der Waals surface area contributed by atoms with Crippen LogP contribution in [0, 0.1) is 5.82 Å². The zero-order chi connectivity index (χ0) is 10.6. The molecule has 0 bridgehead atoms. The summed E-state index contributed by atoms with van der Waals surface area (Å²) < 4.78 is 13.0. The number of halogens is 1. The number of aliphatic hydroxyl groups is 2. The Labute approximate surface area is 84.2 Å². The molecule has 0 spiro atoms. The van der Waals surface area contributed by atoms with Crippen molar-refractivity contribution in [2.24, 2.45) is 0 Å². The number of nitrogens with two attached hydrogens (primary N) is 1. The number of nitrogen functional groups attached to an aromatic ring is 1. The number of hydrogen-bond donors (Lipinski definition) is 3. The van der Waals surface area contributed by atoms with E-state index in [1.165, 1.54) is 0 Å². The van der Waals surface area contributed by atoms with E-state index in [-0.39, 0.29) is 23.3 Å². The van der Waals surface area contributed by atoms with Crippen molar-refractivity contribution in [2.45, 2.75) is 11.1 Å². The van der Waals surface area contributed by atoms with Gasteiger partial charge in [0.2, 0.25) is 5.95 Å². The number of aliphatic hydroxyl groups excluding tert-OH is 2. The fourth-order valence-corrected chi connectivity index (χ4v) is 1.50. The molecular formula is C7H10FN3O2S. The minimum absolute atomic E-state index is 0.0209. The van der Waals surface area contributed by atoms with Crippen LogP contribution >= 0.6 is 11.8 Å². The van der Waals surface area contributed by atoms with Crippen LogP contribution in [0.3, 0.4) is 0 Å². The molecule has 0 aliphatic heterocycles. The number of thioether (sulfide) groups is 1. The van der Waals surface area contributed by atoms with Gasteiger partial charge in [-0.15, -0.1) is 11.8 Å². The smallest absolute Gasteiger partial charge is 0.221 e. The number of anilines is 1. The number of aromatic nitrogens is 2. The standard InChI is InChI=1S/C7H10FN3O2S/c8-5-1-10-7(9)11-6(5)14-3-4(13)2-12/h1,4,12-13H,2-3H2,(H2,9,10,11). The van der Waals surface area contributed by atoms with Gasteiger partial charge in [-0.1, -0.05) is 0 Å². The maximum absolute atomic E-state index is 13.0. The highest BCUT2D eigenvalue weighted by atomic mass is 32.2. The lowest BCUT2D eigenvalue weighted by Gasteiger charge is -2.06. The van der Waals surface area contributed by atoms with Crippen LogP contribution in [0.5, 0.6) is 0 Å². The third-order valence-electron chi connectivity index (χ3n) is 1.35. The van der Waals surface area contributed by atoms with E-state index in [4.69, 9.17) is 15.9 Å². The van der Waals surface area contributed by atoms with Crippen molar-refractivity contribution in [1.29, 1.82) is 0 Å². The van der Waals surface area contributed by atoms with Crippen molar-refractivity contribution in [1.82, 2.24) is 9.97 Å². The first kappa shape index (κ1) is 11.2. The molecule has 0 radical (unpaired) electrons. The van der Waals surface area contributed by atoms with E-state index in [1.807, 2.05) is 0 Å². The second kappa shape index (κ2) is 5.08. The van der Waals surface area contributed by atoms with Crippen LogP contribution in [0.4, 0.5) is 10.3 Å². The monoisotopic (exact) mass is 219 g/mol. The van der Waals surface area contributed by atoms with Crippen molar-refractivity contribution in [3.05, 3.63) is 12.0 Å². The van der Waals surface area contributed by atoms with Crippen LogP contribution in [0.2, 0.25) is 0 Å². The average Bonchev–Trinajstić information content (AvgIpc) is 2.19. The first-order valence-corrected chi connectivity index (χ1v) is 4.81. The van der Waals surface area contributed by atoms with Crippen molar-refractivity contribution in [3.8, 4) is 0 Å². The molecule has 1 unspecified atom stereocenters. The molecule has 1 atom stereocenters. The van der Waals surface area contributed by atoms with Gasteiger partial charge in [-0.25, -0.2) is 14.4 Å². The van der Waals surface area contributed by atoms with Gasteiger partial charge in [0.1, 0.15) is 5.03 Å². The van der Waals surface area contributed by atoms with Crippen molar-refractivity contribution < 1.29 is 14.6 Å². The maximum atomic E-state index is 13.0. The number of nitrogens with zero attached hydrogens (tertiary/aromatic N) is 2. The van der Waals surface area contributed by atoms with Gasteiger partial charge in [0.05, 0.1) is 18.9 Å². The summed E-state index contributed by atoms with van der Waals surface area (Å²) in [6.45, 7) is -0.366. The van der Waals surface area contributed by atoms with Gasteiger partial charge in [0.25, 0.3) is 0 Å². The molecule has 14 heavy (non-hydrogen) atoms. The average molecular weight is 219 g/mol. The summed E-state index contributed by atoms with van der Waals surface area (Å²) in [5.41, 5.74) is 5.25. The summed E-state index contributed by atoms with van der Waals surface area (Å²) in [5.74, 6) is -0.453. The van der Waals surface area contributed by atoms with Crippen LogP contribution in [-0.2, 0) is 0 Å². The first-order chi connectivity index (χ1) is 6.63. The van der Waals surface area contributed by atoms with E-state index in [2.05, 4.69) is 9.97 Å². The lowest BCUT2D eigenvalue weighted by Crippen LogP contribution is -2.15. The molecule has 78 valence electrons. The Morgan fingerprint density at radius 3 is 3.00 bits per heavy atom. The summed E-state index contributed by atoms with van der Waals surface area (Å²) >= 11 is 0.978. The fourth-order valence-electron chi connectivity index (χ4n) is 0.693. The largest absolute Gasteiger partial charge is 0.394 e. The van der Waals surface area contributed by atoms with E-state index in [0.717, 1.165) is 18.0 Å². The minimum atomic E-state index is -0.893. The predicted octanol–water partition coefficient (Wildman–Crippen LogP) is -0.357. The van der Waals surface area contributed by atoms with Gasteiger partial charge in [-0.2, -0.15) is 0 Å². The molecule has 7 heteroatoms. The van der Waals surface area contributed by atoms with Crippen molar-refractivity contribution in [3.63, 3.8) is 0 Å². The minimum Gasteiger partial charge on any atom is -0.394 e. The molecule has 0 aliphatic carbocycles. The van der Waals surface area contributed by atoms with Gasteiger partial charge in [-0.05, 0) is 0 Å². The summed E-state index contributed by atoms with van der Waals surface area (Å²) in [7, 11) is 0. The topological polar surface area (TPSA) is 92.3 Å². The third-order valence-corrected chi connectivity index (χ3v) is 2.46. The van der Waals surface area contributed by atoms with Crippen LogP contribution in [0.1, 0.15) is 0 Å². The Morgan fingerprint density at radius 1 is 1.64 bits per heavy atom. The molecule has 0 aliphatic rings. The second-order valence-corrected chi connectivity index (χ2v) is 3.54. The summed E-state index contributed by atoms with van der Waals surface area (Å²) in [4.78, 5) is 7.09. The summed E-state index contributed by atoms with van der Waals surface area (Å²) in [6.07, 6.45) is 0.0753. The predicted molar refractivity (Wildman–Crippen MR) is 50.2 cm³/mol. The van der Waals surface area contributed by atoms with Gasteiger partial charge >= 0.3 is 0 Å². The highest BCUT2D eigenvalue weighted by Gasteiger charge is 2.09. The molecule has 5 nitrogen and oxygen atoms in total. The number of hydrogen-bond acceptors (Lipinski definition) is 6.